The zero-order chi connectivity index (χ0) is 15.5. The van der Waals surface area contributed by atoms with Gasteiger partial charge in [0.25, 0.3) is 0 Å². The van der Waals surface area contributed by atoms with Gasteiger partial charge in [-0.25, -0.2) is 13.1 Å². The first-order chi connectivity index (χ1) is 9.13. The van der Waals surface area contributed by atoms with Gasteiger partial charge in [0.05, 0.1) is 16.1 Å². The Morgan fingerprint density at radius 1 is 1.30 bits per heavy atom. The minimum absolute atomic E-state index is 0.0548. The first-order valence-corrected chi connectivity index (χ1v) is 8.29. The van der Waals surface area contributed by atoms with Gasteiger partial charge in [-0.05, 0) is 24.5 Å². The van der Waals surface area contributed by atoms with Crippen molar-refractivity contribution in [3.8, 4) is 0 Å². The zero-order valence-corrected chi connectivity index (χ0v) is 13.6. The minimum atomic E-state index is -3.90. The van der Waals surface area contributed by atoms with Gasteiger partial charge in [-0.15, -0.1) is 0 Å². The predicted octanol–water partition coefficient (Wildman–Crippen LogP) is 2.26. The number of aliphatic hydroxyl groups excluding tert-OH is 1. The SMILES string of the molecule is CC(C)CC(O)CNS(=O)(=O)c1c(Cl)cc(N)cc1Cl. The van der Waals surface area contributed by atoms with Crippen LogP contribution in [0.4, 0.5) is 5.69 Å². The summed E-state index contributed by atoms with van der Waals surface area (Å²) in [7, 11) is -3.90. The predicted molar refractivity (Wildman–Crippen MR) is 81.5 cm³/mol. The standard InChI is InChI=1S/C12H18Cl2N2O3S/c1-7(2)3-9(17)6-16-20(18,19)12-10(13)4-8(15)5-11(12)14/h4-5,7,9,16-17H,3,6,15H2,1-2H3. The lowest BCUT2D eigenvalue weighted by atomic mass is 10.1. The summed E-state index contributed by atoms with van der Waals surface area (Å²) in [6, 6.07) is 2.62. The highest BCUT2D eigenvalue weighted by atomic mass is 35.5. The highest BCUT2D eigenvalue weighted by molar-refractivity contribution is 7.89. The Morgan fingerprint density at radius 2 is 1.80 bits per heavy atom. The molecule has 8 heteroatoms. The molecule has 0 aromatic heterocycles. The Labute approximate surface area is 129 Å². The molecule has 0 radical (unpaired) electrons. The molecular formula is C12H18Cl2N2O3S. The Hall–Kier alpha value is -0.530. The van der Waals surface area contributed by atoms with Gasteiger partial charge in [0.1, 0.15) is 4.90 Å². The highest BCUT2D eigenvalue weighted by Crippen LogP contribution is 2.31. The topological polar surface area (TPSA) is 92.4 Å². The average molecular weight is 341 g/mol. The van der Waals surface area contributed by atoms with Crippen LogP contribution in [-0.2, 0) is 10.0 Å². The lowest BCUT2D eigenvalue weighted by molar-refractivity contribution is 0.152. The van der Waals surface area contributed by atoms with Gasteiger partial charge < -0.3 is 10.8 Å². The number of nitrogen functional groups attached to an aromatic ring is 1. The average Bonchev–Trinajstić information content (AvgIpc) is 2.23. The molecule has 114 valence electrons. The monoisotopic (exact) mass is 340 g/mol. The molecule has 20 heavy (non-hydrogen) atoms. The van der Waals surface area contributed by atoms with Crippen LogP contribution in [0.2, 0.25) is 10.0 Å². The van der Waals surface area contributed by atoms with Crippen LogP contribution in [0.1, 0.15) is 20.3 Å². The van der Waals surface area contributed by atoms with Crippen molar-refractivity contribution in [1.29, 1.82) is 0 Å². The Morgan fingerprint density at radius 3 is 2.25 bits per heavy atom. The van der Waals surface area contributed by atoms with Crippen molar-refractivity contribution < 1.29 is 13.5 Å². The van der Waals surface area contributed by atoms with Gasteiger partial charge in [0.2, 0.25) is 10.0 Å². The first-order valence-electron chi connectivity index (χ1n) is 6.05. The number of rotatable bonds is 6. The second-order valence-corrected chi connectivity index (χ2v) is 7.47. The van der Waals surface area contributed by atoms with Crippen LogP contribution in [-0.4, -0.2) is 26.2 Å². The normalized spacial score (nSPS) is 13.7. The number of hydrogen-bond donors (Lipinski definition) is 3. The van der Waals surface area contributed by atoms with Crippen LogP contribution in [0.15, 0.2) is 17.0 Å². The summed E-state index contributed by atoms with van der Waals surface area (Å²) in [4.78, 5) is -0.230. The van der Waals surface area contributed by atoms with Crippen molar-refractivity contribution in [2.45, 2.75) is 31.3 Å². The quantitative estimate of drug-likeness (QED) is 0.692. The Kier molecular flexibility index (Phi) is 6.09. The fourth-order valence-corrected chi connectivity index (χ4v) is 4.04. The van der Waals surface area contributed by atoms with Gasteiger partial charge in [-0.2, -0.15) is 0 Å². The molecular weight excluding hydrogens is 323 g/mol. The molecule has 5 nitrogen and oxygen atoms in total. The van der Waals surface area contributed by atoms with E-state index in [0.717, 1.165) is 0 Å². The van der Waals surface area contributed by atoms with Crippen LogP contribution in [0.5, 0.6) is 0 Å². The largest absolute Gasteiger partial charge is 0.399 e. The fraction of sp³-hybridized carbons (Fsp3) is 0.500. The van der Waals surface area contributed by atoms with E-state index < -0.39 is 16.1 Å². The van der Waals surface area contributed by atoms with Crippen LogP contribution in [0.25, 0.3) is 0 Å². The Bertz CT molecular complexity index is 553. The third-order valence-electron chi connectivity index (χ3n) is 2.54. The molecule has 4 N–H and O–H groups in total. The number of sulfonamides is 1. The number of halogens is 2. The lowest BCUT2D eigenvalue weighted by Crippen LogP contribution is -2.33. The van der Waals surface area contributed by atoms with E-state index in [1.165, 1.54) is 12.1 Å². The van der Waals surface area contributed by atoms with Crippen molar-refractivity contribution in [1.82, 2.24) is 4.72 Å². The molecule has 0 aliphatic rings. The number of nitrogens with two attached hydrogens (primary N) is 1. The summed E-state index contributed by atoms with van der Waals surface area (Å²) < 4.78 is 26.6. The van der Waals surface area contributed by atoms with Gasteiger partial charge in [-0.3, -0.25) is 0 Å². The maximum Gasteiger partial charge on any atom is 0.243 e. The number of benzene rings is 1. The molecule has 0 saturated carbocycles. The van der Waals surface area contributed by atoms with Crippen LogP contribution in [0, 0.1) is 5.92 Å². The summed E-state index contributed by atoms with van der Waals surface area (Å²) in [6.07, 6.45) is -0.276. The summed E-state index contributed by atoms with van der Waals surface area (Å²) in [5.41, 5.74) is 5.80. The third kappa shape index (κ3) is 4.79. The number of anilines is 1. The number of aliphatic hydroxyl groups is 1. The van der Waals surface area contributed by atoms with Crippen molar-refractivity contribution >= 4 is 38.9 Å². The summed E-state index contributed by atoms with van der Waals surface area (Å²) >= 11 is 11.7. The molecule has 0 fully saturated rings. The maximum atomic E-state index is 12.1. The summed E-state index contributed by atoms with van der Waals surface area (Å²) in [6.45, 7) is 3.77. The van der Waals surface area contributed by atoms with E-state index in [1.54, 1.807) is 0 Å². The second-order valence-electron chi connectivity index (χ2n) is 4.95. The molecule has 1 aromatic rings. The smallest absolute Gasteiger partial charge is 0.243 e. The maximum absolute atomic E-state index is 12.1. The van der Waals surface area contributed by atoms with Crippen molar-refractivity contribution in [3.63, 3.8) is 0 Å². The van der Waals surface area contributed by atoms with Gasteiger partial charge in [-0.1, -0.05) is 37.0 Å². The molecule has 0 heterocycles. The molecule has 0 aliphatic carbocycles. The van der Waals surface area contributed by atoms with Crippen LogP contribution < -0.4 is 10.5 Å². The third-order valence-corrected chi connectivity index (χ3v) is 4.89. The van der Waals surface area contributed by atoms with E-state index in [4.69, 9.17) is 28.9 Å². The van der Waals surface area contributed by atoms with E-state index in [9.17, 15) is 13.5 Å². The molecule has 0 bridgehead atoms. The number of hydrogen-bond acceptors (Lipinski definition) is 4. The number of nitrogens with one attached hydrogen (secondary N) is 1. The molecule has 0 spiro atoms. The Balaban J connectivity index is 2.90. The molecule has 0 saturated heterocycles. The van der Waals surface area contributed by atoms with E-state index in [2.05, 4.69) is 4.72 Å². The molecule has 0 aliphatic heterocycles. The van der Waals surface area contributed by atoms with E-state index in [-0.39, 0.29) is 33.1 Å². The zero-order valence-electron chi connectivity index (χ0n) is 11.2. The first kappa shape index (κ1) is 17.5. The summed E-state index contributed by atoms with van der Waals surface area (Å²) in [5.74, 6) is 0.262. The van der Waals surface area contributed by atoms with Crippen molar-refractivity contribution in [2.75, 3.05) is 12.3 Å². The van der Waals surface area contributed by atoms with Gasteiger partial charge in [0.15, 0.2) is 0 Å². The van der Waals surface area contributed by atoms with E-state index in [0.29, 0.717) is 6.42 Å². The van der Waals surface area contributed by atoms with Crippen molar-refractivity contribution in [3.05, 3.63) is 22.2 Å². The highest BCUT2D eigenvalue weighted by Gasteiger charge is 2.23. The minimum Gasteiger partial charge on any atom is -0.399 e. The molecule has 1 aromatic carbocycles. The second kappa shape index (κ2) is 6.95. The molecule has 1 atom stereocenters. The van der Waals surface area contributed by atoms with Crippen molar-refractivity contribution in [2.24, 2.45) is 5.92 Å². The molecule has 1 unspecified atom stereocenters. The van der Waals surface area contributed by atoms with Gasteiger partial charge in [0, 0.05) is 12.2 Å². The summed E-state index contributed by atoms with van der Waals surface area (Å²) in [5, 5.41) is 9.59. The molecule has 0 amide bonds. The van der Waals surface area contributed by atoms with Crippen LogP contribution >= 0.6 is 23.2 Å². The molecule has 1 rings (SSSR count). The lowest BCUT2D eigenvalue weighted by Gasteiger charge is -2.15. The fourth-order valence-electron chi connectivity index (χ4n) is 1.74. The van der Waals surface area contributed by atoms with Gasteiger partial charge >= 0.3 is 0 Å². The van der Waals surface area contributed by atoms with E-state index in [1.807, 2.05) is 13.8 Å². The van der Waals surface area contributed by atoms with Crippen LogP contribution in [0.3, 0.4) is 0 Å². The van der Waals surface area contributed by atoms with E-state index >= 15 is 0 Å².